The monoisotopic (exact) mass is 326 g/mol. The lowest BCUT2D eigenvalue weighted by molar-refractivity contribution is 0.310. The summed E-state index contributed by atoms with van der Waals surface area (Å²) < 4.78 is 12.7. The summed E-state index contributed by atoms with van der Waals surface area (Å²) in [6.45, 7) is 5.23. The molecule has 0 aliphatic rings. The summed E-state index contributed by atoms with van der Waals surface area (Å²) in [5, 5.41) is 8.86. The number of rotatable bonds is 6. The van der Waals surface area contributed by atoms with Crippen molar-refractivity contribution in [1.82, 2.24) is 14.8 Å². The van der Waals surface area contributed by atoms with Crippen molar-refractivity contribution in [1.29, 1.82) is 0 Å². The first-order valence-corrected chi connectivity index (χ1v) is 7.95. The molecule has 1 aromatic carbocycles. The van der Waals surface area contributed by atoms with Crippen LogP contribution >= 0.6 is 0 Å². The van der Waals surface area contributed by atoms with Gasteiger partial charge in [-0.2, -0.15) is 5.10 Å². The Balaban J connectivity index is 1.78. The van der Waals surface area contributed by atoms with Gasteiger partial charge in [-0.1, -0.05) is 6.07 Å². The van der Waals surface area contributed by atoms with Crippen LogP contribution in [0.1, 0.15) is 18.2 Å². The van der Waals surface area contributed by atoms with Gasteiger partial charge in [0.25, 0.3) is 0 Å². The molecule has 0 fully saturated rings. The number of methoxy groups -OCH3 is 1. The van der Waals surface area contributed by atoms with Crippen molar-refractivity contribution in [2.24, 2.45) is 7.05 Å². The number of ether oxygens (including phenoxy) is 2. The molecule has 126 valence electrons. The largest absolute Gasteiger partial charge is 0.493 e. The second kappa shape index (κ2) is 6.78. The smallest absolute Gasteiger partial charge is 0.161 e. The van der Waals surface area contributed by atoms with E-state index in [0.29, 0.717) is 13.2 Å². The van der Waals surface area contributed by atoms with Gasteiger partial charge in [0.05, 0.1) is 31.3 Å². The predicted octanol–water partition coefficient (Wildman–Crippen LogP) is 3.30. The second-order valence-electron chi connectivity index (χ2n) is 5.58. The first kappa shape index (κ1) is 16.1. The van der Waals surface area contributed by atoms with Gasteiger partial charge in [-0.15, -0.1) is 0 Å². The van der Waals surface area contributed by atoms with E-state index in [4.69, 9.17) is 9.47 Å². The van der Waals surface area contributed by atoms with Gasteiger partial charge < -0.3 is 14.8 Å². The van der Waals surface area contributed by atoms with Crippen LogP contribution in [0.5, 0.6) is 11.5 Å². The molecule has 6 nitrogen and oxygen atoms in total. The minimum atomic E-state index is 0.605. The zero-order valence-electron chi connectivity index (χ0n) is 14.5. The minimum absolute atomic E-state index is 0.605. The molecule has 0 aliphatic carbocycles. The zero-order chi connectivity index (χ0) is 17.1. The third-order valence-corrected chi connectivity index (χ3v) is 3.89. The highest BCUT2D eigenvalue weighted by atomic mass is 16.5. The summed E-state index contributed by atoms with van der Waals surface area (Å²) in [6, 6.07) is 8.03. The first-order valence-electron chi connectivity index (χ1n) is 7.95. The number of aromatic nitrogens is 3. The minimum Gasteiger partial charge on any atom is -0.493 e. The fourth-order valence-corrected chi connectivity index (χ4v) is 2.71. The fraction of sp³-hybridized carbons (Fsp3) is 0.333. The number of pyridine rings is 1. The van der Waals surface area contributed by atoms with Crippen molar-refractivity contribution in [3.63, 3.8) is 0 Å². The van der Waals surface area contributed by atoms with E-state index in [-0.39, 0.29) is 0 Å². The number of hydrogen-bond acceptors (Lipinski definition) is 5. The first-order chi connectivity index (χ1) is 11.6. The molecule has 6 heteroatoms. The molecule has 0 saturated carbocycles. The topological polar surface area (TPSA) is 61.2 Å². The Labute approximate surface area is 141 Å². The Morgan fingerprint density at radius 1 is 1.21 bits per heavy atom. The van der Waals surface area contributed by atoms with E-state index in [1.165, 1.54) is 0 Å². The summed E-state index contributed by atoms with van der Waals surface area (Å²) in [6.07, 6.45) is 1.83. The zero-order valence-corrected chi connectivity index (χ0v) is 14.5. The van der Waals surface area contributed by atoms with Crippen molar-refractivity contribution in [2.75, 3.05) is 19.0 Å². The number of aryl methyl sites for hydroxylation is 2. The lowest BCUT2D eigenvalue weighted by Crippen LogP contribution is -2.02. The third-order valence-electron chi connectivity index (χ3n) is 3.89. The molecule has 0 radical (unpaired) electrons. The second-order valence-corrected chi connectivity index (χ2v) is 5.58. The van der Waals surface area contributed by atoms with Gasteiger partial charge in [0.15, 0.2) is 17.1 Å². The maximum atomic E-state index is 5.62. The molecule has 0 saturated heterocycles. The molecular formula is C18H22N4O2. The molecule has 0 atom stereocenters. The Kier molecular flexibility index (Phi) is 4.55. The summed E-state index contributed by atoms with van der Waals surface area (Å²) >= 11 is 0. The Morgan fingerprint density at radius 3 is 2.79 bits per heavy atom. The highest BCUT2D eigenvalue weighted by molar-refractivity contribution is 5.81. The highest BCUT2D eigenvalue weighted by Gasteiger charge is 2.08. The lowest BCUT2D eigenvalue weighted by atomic mass is 10.2. The van der Waals surface area contributed by atoms with Gasteiger partial charge in [0.1, 0.15) is 0 Å². The van der Waals surface area contributed by atoms with Crippen LogP contribution in [0.4, 0.5) is 5.69 Å². The lowest BCUT2D eigenvalue weighted by Gasteiger charge is -2.12. The number of nitrogens with zero attached hydrogens (tertiary/aromatic N) is 3. The number of benzene rings is 1. The van der Waals surface area contributed by atoms with E-state index in [9.17, 15) is 0 Å². The molecule has 0 unspecified atom stereocenters. The molecular weight excluding hydrogens is 304 g/mol. The van der Waals surface area contributed by atoms with E-state index in [1.54, 1.807) is 11.8 Å². The van der Waals surface area contributed by atoms with Crippen LogP contribution in [0.15, 0.2) is 30.5 Å². The molecule has 3 aromatic rings. The van der Waals surface area contributed by atoms with E-state index in [0.717, 1.165) is 39.5 Å². The number of fused-ring (bicyclic) bond motifs is 1. The Morgan fingerprint density at radius 2 is 2.04 bits per heavy atom. The molecule has 0 amide bonds. The fourth-order valence-electron chi connectivity index (χ4n) is 2.71. The standard InChI is InChI=1S/C18H22N4O2/c1-5-24-17-8-13(6-7-16(17)23-4)10-19-14-9-15-12(2)21-22(3)18(15)20-11-14/h6-9,11,19H,5,10H2,1-4H3. The van der Waals surface area contributed by atoms with Crippen LogP contribution < -0.4 is 14.8 Å². The molecule has 0 spiro atoms. The normalized spacial score (nSPS) is 10.8. The van der Waals surface area contributed by atoms with Crippen molar-refractivity contribution >= 4 is 16.7 Å². The van der Waals surface area contributed by atoms with Crippen LogP contribution in [-0.2, 0) is 13.6 Å². The summed E-state index contributed by atoms with van der Waals surface area (Å²) in [4.78, 5) is 4.48. The molecule has 24 heavy (non-hydrogen) atoms. The van der Waals surface area contributed by atoms with Gasteiger partial charge in [0, 0.05) is 19.0 Å². The van der Waals surface area contributed by atoms with Gasteiger partial charge in [-0.3, -0.25) is 4.68 Å². The average Bonchev–Trinajstić information content (AvgIpc) is 2.87. The van der Waals surface area contributed by atoms with Gasteiger partial charge in [-0.25, -0.2) is 4.98 Å². The van der Waals surface area contributed by atoms with Crippen LogP contribution in [-0.4, -0.2) is 28.5 Å². The van der Waals surface area contributed by atoms with E-state index in [1.807, 2.05) is 45.3 Å². The maximum Gasteiger partial charge on any atom is 0.161 e. The van der Waals surface area contributed by atoms with Crippen LogP contribution in [0.2, 0.25) is 0 Å². The molecule has 2 aromatic heterocycles. The quantitative estimate of drug-likeness (QED) is 0.753. The maximum absolute atomic E-state index is 5.62. The number of hydrogen-bond donors (Lipinski definition) is 1. The highest BCUT2D eigenvalue weighted by Crippen LogP contribution is 2.28. The predicted molar refractivity (Wildman–Crippen MR) is 94.7 cm³/mol. The van der Waals surface area contributed by atoms with Gasteiger partial charge in [-0.05, 0) is 37.6 Å². The van der Waals surface area contributed by atoms with Crippen molar-refractivity contribution in [3.05, 3.63) is 41.7 Å². The van der Waals surface area contributed by atoms with Crippen molar-refractivity contribution in [3.8, 4) is 11.5 Å². The molecule has 0 bridgehead atoms. The van der Waals surface area contributed by atoms with E-state index < -0.39 is 0 Å². The van der Waals surface area contributed by atoms with Crippen molar-refractivity contribution < 1.29 is 9.47 Å². The van der Waals surface area contributed by atoms with Crippen LogP contribution in [0, 0.1) is 6.92 Å². The summed E-state index contributed by atoms with van der Waals surface area (Å²) in [7, 11) is 3.55. The summed E-state index contributed by atoms with van der Waals surface area (Å²) in [5.74, 6) is 1.51. The molecule has 2 heterocycles. The Bertz CT molecular complexity index is 858. The molecule has 1 N–H and O–H groups in total. The van der Waals surface area contributed by atoms with Gasteiger partial charge in [0.2, 0.25) is 0 Å². The number of anilines is 1. The average molecular weight is 326 g/mol. The number of nitrogens with one attached hydrogen (secondary N) is 1. The van der Waals surface area contributed by atoms with Gasteiger partial charge >= 0.3 is 0 Å². The SMILES string of the molecule is CCOc1cc(CNc2cnc3c(c2)c(C)nn3C)ccc1OC. The molecule has 3 rings (SSSR count). The van der Waals surface area contributed by atoms with Crippen molar-refractivity contribution in [2.45, 2.75) is 20.4 Å². The molecule has 0 aliphatic heterocycles. The Hall–Kier alpha value is -2.76. The third kappa shape index (κ3) is 3.13. The van der Waals surface area contributed by atoms with Crippen LogP contribution in [0.3, 0.4) is 0 Å². The summed E-state index contributed by atoms with van der Waals surface area (Å²) in [5.41, 5.74) is 3.95. The van der Waals surface area contributed by atoms with E-state index in [2.05, 4.69) is 21.5 Å². The van der Waals surface area contributed by atoms with Crippen LogP contribution in [0.25, 0.3) is 11.0 Å². The van der Waals surface area contributed by atoms with E-state index >= 15 is 0 Å².